The van der Waals surface area contributed by atoms with E-state index in [4.69, 9.17) is 11.6 Å². The lowest BCUT2D eigenvalue weighted by Crippen LogP contribution is -2.09. The zero-order chi connectivity index (χ0) is 8.27. The number of hydrogen-bond acceptors (Lipinski definition) is 3. The van der Waals surface area contributed by atoms with Gasteiger partial charge in [-0.25, -0.2) is 0 Å². The smallest absolute Gasteiger partial charge is 0.0719 e. The second kappa shape index (κ2) is 3.59. The topological polar surface area (TPSA) is 64.1 Å². The van der Waals surface area contributed by atoms with Crippen LogP contribution in [0.25, 0.3) is 0 Å². The van der Waals surface area contributed by atoms with E-state index in [2.05, 4.69) is 21.4 Å². The van der Waals surface area contributed by atoms with Crippen molar-refractivity contribution in [1.29, 1.82) is 0 Å². The fraction of sp³-hybridized carbons (Fsp3) is 0.143. The Morgan fingerprint density at radius 2 is 2.18 bits per heavy atom. The molecule has 1 rings (SSSR count). The van der Waals surface area contributed by atoms with Crippen molar-refractivity contribution in [3.63, 3.8) is 0 Å². The number of halogens is 1. The van der Waals surface area contributed by atoms with Crippen LogP contribution in [-0.4, -0.2) is 0 Å². The molecule has 0 radical (unpaired) electrons. The number of alkyl halides is 1. The lowest BCUT2D eigenvalue weighted by molar-refractivity contribution is 1.33. The van der Waals surface area contributed by atoms with Gasteiger partial charge < -0.3 is 11.2 Å². The van der Waals surface area contributed by atoms with Crippen LogP contribution in [0.3, 0.4) is 0 Å². The Hall–Kier alpha value is -0.740. The van der Waals surface area contributed by atoms with E-state index >= 15 is 0 Å². The summed E-state index contributed by atoms with van der Waals surface area (Å²) in [5.41, 5.74) is 10.7. The quantitative estimate of drug-likeness (QED) is 0.303. The van der Waals surface area contributed by atoms with Crippen LogP contribution < -0.4 is 17.0 Å². The monoisotopic (exact) mass is 215 g/mol. The van der Waals surface area contributed by atoms with Crippen molar-refractivity contribution in [2.24, 2.45) is 5.84 Å². The summed E-state index contributed by atoms with van der Waals surface area (Å²) < 4.78 is 0. The highest BCUT2D eigenvalue weighted by atomic mass is 79.9. The number of hydrazine groups is 1. The highest BCUT2D eigenvalue weighted by Crippen LogP contribution is 2.19. The average molecular weight is 216 g/mol. The van der Waals surface area contributed by atoms with Crippen molar-refractivity contribution in [2.75, 3.05) is 11.2 Å². The molecule has 0 amide bonds. The van der Waals surface area contributed by atoms with Gasteiger partial charge in [0.15, 0.2) is 0 Å². The van der Waals surface area contributed by atoms with Crippen LogP contribution in [-0.2, 0) is 5.33 Å². The maximum absolute atomic E-state index is 5.60. The predicted molar refractivity (Wildman–Crippen MR) is 51.3 cm³/mol. The molecule has 4 heteroatoms. The molecule has 0 heterocycles. The molecular formula is C7H10BrN3. The summed E-state index contributed by atoms with van der Waals surface area (Å²) >= 11 is 3.34. The second-order valence-electron chi connectivity index (χ2n) is 2.20. The zero-order valence-corrected chi connectivity index (χ0v) is 7.56. The van der Waals surface area contributed by atoms with Gasteiger partial charge in [-0.2, -0.15) is 0 Å². The number of nitrogen functional groups attached to an aromatic ring is 2. The highest BCUT2D eigenvalue weighted by molar-refractivity contribution is 9.08. The summed E-state index contributed by atoms with van der Waals surface area (Å²) in [6.45, 7) is 0. The van der Waals surface area contributed by atoms with Gasteiger partial charge in [0.25, 0.3) is 0 Å². The van der Waals surface area contributed by atoms with Gasteiger partial charge in [0.1, 0.15) is 0 Å². The van der Waals surface area contributed by atoms with Gasteiger partial charge in [-0.3, -0.25) is 5.84 Å². The third-order valence-electron chi connectivity index (χ3n) is 1.43. The summed E-state index contributed by atoms with van der Waals surface area (Å²) in [4.78, 5) is 0. The molecule has 0 aliphatic carbocycles. The number of rotatable bonds is 2. The Kier molecular flexibility index (Phi) is 2.73. The van der Waals surface area contributed by atoms with Crippen LogP contribution in [0.1, 0.15) is 5.56 Å². The largest absolute Gasteiger partial charge is 0.397 e. The lowest BCUT2D eigenvalue weighted by Gasteiger charge is -2.05. The fourth-order valence-electron chi connectivity index (χ4n) is 0.812. The molecule has 60 valence electrons. The second-order valence-corrected chi connectivity index (χ2v) is 2.76. The first-order valence-electron chi connectivity index (χ1n) is 3.19. The van der Waals surface area contributed by atoms with Gasteiger partial charge in [-0.1, -0.05) is 22.0 Å². The van der Waals surface area contributed by atoms with Crippen molar-refractivity contribution in [3.05, 3.63) is 23.8 Å². The summed E-state index contributed by atoms with van der Waals surface area (Å²) in [5, 5.41) is 0.808. The van der Waals surface area contributed by atoms with E-state index in [0.717, 1.165) is 16.6 Å². The molecule has 0 aromatic heterocycles. The van der Waals surface area contributed by atoms with Crippen molar-refractivity contribution in [3.8, 4) is 0 Å². The van der Waals surface area contributed by atoms with Crippen LogP contribution in [0.2, 0.25) is 0 Å². The Labute approximate surface area is 73.9 Å². The van der Waals surface area contributed by atoms with E-state index in [1.54, 1.807) is 0 Å². The number of hydrogen-bond donors (Lipinski definition) is 3. The van der Waals surface area contributed by atoms with E-state index in [9.17, 15) is 0 Å². The van der Waals surface area contributed by atoms with E-state index in [1.807, 2.05) is 18.2 Å². The maximum Gasteiger partial charge on any atom is 0.0719 e. The number of nitrogens with two attached hydrogens (primary N) is 2. The van der Waals surface area contributed by atoms with Crippen molar-refractivity contribution in [2.45, 2.75) is 5.33 Å². The molecule has 0 saturated heterocycles. The minimum Gasteiger partial charge on any atom is -0.397 e. The van der Waals surface area contributed by atoms with Crippen molar-refractivity contribution < 1.29 is 0 Å². The summed E-state index contributed by atoms with van der Waals surface area (Å²) in [5.74, 6) is 5.23. The maximum atomic E-state index is 5.60. The van der Waals surface area contributed by atoms with Crippen LogP contribution in [0.15, 0.2) is 18.2 Å². The molecule has 0 aliphatic heterocycles. The van der Waals surface area contributed by atoms with Gasteiger partial charge in [0.05, 0.1) is 11.4 Å². The molecule has 1 aromatic carbocycles. The first kappa shape index (κ1) is 8.36. The molecule has 0 fully saturated rings. The fourth-order valence-corrected chi connectivity index (χ4v) is 1.16. The molecule has 3 nitrogen and oxygen atoms in total. The lowest BCUT2D eigenvalue weighted by atomic mass is 10.2. The number of anilines is 2. The SMILES string of the molecule is NNc1cc(CBr)ccc1N. The molecular weight excluding hydrogens is 206 g/mol. The molecule has 1 aromatic rings. The molecule has 5 N–H and O–H groups in total. The number of nitrogens with one attached hydrogen (secondary N) is 1. The van der Waals surface area contributed by atoms with Crippen LogP contribution >= 0.6 is 15.9 Å². The normalized spacial score (nSPS) is 9.64. The summed E-state index contributed by atoms with van der Waals surface area (Å²) in [7, 11) is 0. The Balaban J connectivity index is 3.02. The minimum atomic E-state index is 0.664. The molecule has 0 saturated carbocycles. The highest BCUT2D eigenvalue weighted by Gasteiger charge is 1.96. The summed E-state index contributed by atoms with van der Waals surface area (Å²) in [6.07, 6.45) is 0. The van der Waals surface area contributed by atoms with Gasteiger partial charge in [0, 0.05) is 5.33 Å². The first-order chi connectivity index (χ1) is 5.27. The average Bonchev–Trinajstić information content (AvgIpc) is 2.05. The minimum absolute atomic E-state index is 0.664. The Morgan fingerprint density at radius 3 is 2.73 bits per heavy atom. The van der Waals surface area contributed by atoms with Crippen molar-refractivity contribution in [1.82, 2.24) is 0 Å². The third-order valence-corrected chi connectivity index (χ3v) is 2.07. The molecule has 0 spiro atoms. The van der Waals surface area contributed by atoms with Gasteiger partial charge in [-0.05, 0) is 17.7 Å². The zero-order valence-electron chi connectivity index (χ0n) is 5.97. The van der Waals surface area contributed by atoms with Crippen LogP contribution in [0, 0.1) is 0 Å². The van der Waals surface area contributed by atoms with E-state index < -0.39 is 0 Å². The summed E-state index contributed by atoms with van der Waals surface area (Å²) in [6, 6.07) is 5.68. The Morgan fingerprint density at radius 1 is 1.45 bits per heavy atom. The molecule has 0 unspecified atom stereocenters. The van der Waals surface area contributed by atoms with Gasteiger partial charge >= 0.3 is 0 Å². The first-order valence-corrected chi connectivity index (χ1v) is 4.31. The van der Waals surface area contributed by atoms with E-state index in [1.165, 1.54) is 0 Å². The molecule has 11 heavy (non-hydrogen) atoms. The molecule has 0 bridgehead atoms. The Bertz CT molecular complexity index is 249. The van der Waals surface area contributed by atoms with Crippen molar-refractivity contribution >= 4 is 27.3 Å². The van der Waals surface area contributed by atoms with Gasteiger partial charge in [0.2, 0.25) is 0 Å². The van der Waals surface area contributed by atoms with Gasteiger partial charge in [-0.15, -0.1) is 0 Å². The van der Waals surface area contributed by atoms with Crippen LogP contribution in [0.4, 0.5) is 11.4 Å². The standard InChI is InChI=1S/C7H10BrN3/c8-4-5-1-2-6(9)7(3-5)11-10/h1-3,11H,4,9-10H2. The van der Waals surface area contributed by atoms with Crippen LogP contribution in [0.5, 0.6) is 0 Å². The predicted octanol–water partition coefficient (Wildman–Crippen LogP) is 1.45. The van der Waals surface area contributed by atoms with E-state index in [-0.39, 0.29) is 0 Å². The van der Waals surface area contributed by atoms with E-state index in [0.29, 0.717) is 5.69 Å². The molecule has 0 atom stereocenters. The molecule has 0 aliphatic rings. The number of benzene rings is 1. The third kappa shape index (κ3) is 1.85.